The van der Waals surface area contributed by atoms with Crippen molar-refractivity contribution in [2.24, 2.45) is 5.10 Å². The van der Waals surface area contributed by atoms with Gasteiger partial charge in [-0.2, -0.15) is 5.10 Å². The number of halogens is 2. The Morgan fingerprint density at radius 3 is 2.58 bits per heavy atom. The minimum atomic E-state index is 0.0656. The summed E-state index contributed by atoms with van der Waals surface area (Å²) in [6, 6.07) is 18.0. The molecule has 1 aliphatic rings. The zero-order chi connectivity index (χ0) is 21.4. The summed E-state index contributed by atoms with van der Waals surface area (Å²) in [4.78, 5) is 6.06. The summed E-state index contributed by atoms with van der Waals surface area (Å²) in [7, 11) is 1.68. The van der Waals surface area contributed by atoms with E-state index < -0.39 is 0 Å². The second-order valence-corrected chi connectivity index (χ2v) is 9.60. The van der Waals surface area contributed by atoms with E-state index in [0.717, 1.165) is 34.3 Å². The molecule has 31 heavy (non-hydrogen) atoms. The zero-order valence-corrected chi connectivity index (χ0v) is 19.6. The molecule has 0 radical (unpaired) electrons. The molecule has 156 valence electrons. The fourth-order valence-electron chi connectivity index (χ4n) is 3.52. The van der Waals surface area contributed by atoms with Crippen LogP contribution in [-0.2, 0) is 0 Å². The quantitative estimate of drug-likeness (QED) is 0.292. The highest BCUT2D eigenvalue weighted by Gasteiger charge is 2.32. The summed E-state index contributed by atoms with van der Waals surface area (Å²) in [5.41, 5.74) is 4.02. The maximum Gasteiger partial charge on any atom is 0.207 e. The summed E-state index contributed by atoms with van der Waals surface area (Å²) in [5, 5.41) is 13.0. The Labute approximate surface area is 198 Å². The van der Waals surface area contributed by atoms with Gasteiger partial charge in [0.25, 0.3) is 0 Å². The normalized spacial score (nSPS) is 15.9. The number of benzene rings is 2. The number of hydrogen-bond donors (Lipinski definition) is 0. The molecule has 5 rings (SSSR count). The number of methoxy groups -OCH3 is 1. The molecule has 0 spiro atoms. The second-order valence-electron chi connectivity index (χ2n) is 7.01. The first kappa shape index (κ1) is 20.5. The number of nitrogens with zero attached hydrogens (tertiary/aromatic N) is 3. The lowest BCUT2D eigenvalue weighted by Gasteiger charge is -2.21. The summed E-state index contributed by atoms with van der Waals surface area (Å²) in [6.45, 7) is 0. The molecule has 1 atom stereocenters. The molecule has 2 aromatic carbocycles. The Kier molecular flexibility index (Phi) is 5.71. The monoisotopic (exact) mass is 485 g/mol. The molecule has 0 saturated heterocycles. The highest BCUT2D eigenvalue weighted by atomic mass is 35.5. The van der Waals surface area contributed by atoms with Crippen LogP contribution in [0.3, 0.4) is 0 Å². The third-order valence-electron chi connectivity index (χ3n) is 5.12. The molecule has 0 N–H and O–H groups in total. The van der Waals surface area contributed by atoms with Crippen molar-refractivity contribution in [1.82, 2.24) is 4.98 Å². The van der Waals surface area contributed by atoms with E-state index in [4.69, 9.17) is 38.0 Å². The molecule has 0 saturated carbocycles. The summed E-state index contributed by atoms with van der Waals surface area (Å²) >= 11 is 15.5. The van der Waals surface area contributed by atoms with Gasteiger partial charge in [-0.15, -0.1) is 22.7 Å². The first-order valence-corrected chi connectivity index (χ1v) is 12.1. The zero-order valence-electron chi connectivity index (χ0n) is 16.5. The number of hydrazone groups is 1. The van der Waals surface area contributed by atoms with Crippen molar-refractivity contribution in [2.45, 2.75) is 12.5 Å². The summed E-state index contributed by atoms with van der Waals surface area (Å²) < 4.78 is 5.32. The van der Waals surface area contributed by atoms with Gasteiger partial charge in [-0.25, -0.2) is 9.99 Å². The summed E-state index contributed by atoms with van der Waals surface area (Å²) in [5.74, 6) is 0.837. The predicted molar refractivity (Wildman–Crippen MR) is 131 cm³/mol. The van der Waals surface area contributed by atoms with Gasteiger partial charge in [-0.3, -0.25) is 0 Å². The molecule has 2 aromatic heterocycles. The van der Waals surface area contributed by atoms with Crippen molar-refractivity contribution >= 4 is 56.7 Å². The Bertz CT molecular complexity index is 1240. The average Bonchev–Trinajstić information content (AvgIpc) is 3.55. The van der Waals surface area contributed by atoms with Gasteiger partial charge in [0.2, 0.25) is 5.13 Å². The van der Waals surface area contributed by atoms with Crippen molar-refractivity contribution in [3.63, 3.8) is 0 Å². The van der Waals surface area contributed by atoms with Crippen LogP contribution in [-0.4, -0.2) is 17.8 Å². The Balaban J connectivity index is 1.51. The average molecular weight is 486 g/mol. The lowest BCUT2D eigenvalue weighted by Crippen LogP contribution is -2.18. The third-order valence-corrected chi connectivity index (χ3v) is 7.61. The third kappa shape index (κ3) is 4.08. The molecule has 4 nitrogen and oxygen atoms in total. The number of ether oxygens (including phenoxy) is 1. The molecular weight excluding hydrogens is 469 g/mol. The van der Waals surface area contributed by atoms with Crippen LogP contribution in [0.25, 0.3) is 11.3 Å². The van der Waals surface area contributed by atoms with E-state index in [1.54, 1.807) is 35.8 Å². The van der Waals surface area contributed by atoms with Crippen molar-refractivity contribution in [1.29, 1.82) is 0 Å². The number of thiazole rings is 1. The van der Waals surface area contributed by atoms with Gasteiger partial charge in [0, 0.05) is 17.4 Å². The Hall–Kier alpha value is -2.38. The van der Waals surface area contributed by atoms with Crippen LogP contribution in [0.15, 0.2) is 70.5 Å². The van der Waals surface area contributed by atoms with E-state index in [9.17, 15) is 0 Å². The molecular formula is C23H17Cl2N3OS2. The van der Waals surface area contributed by atoms with E-state index >= 15 is 0 Å². The summed E-state index contributed by atoms with van der Waals surface area (Å²) in [6.07, 6.45) is 0.814. The van der Waals surface area contributed by atoms with E-state index in [1.165, 1.54) is 10.4 Å². The lowest BCUT2D eigenvalue weighted by atomic mass is 10.0. The van der Waals surface area contributed by atoms with Crippen molar-refractivity contribution in [3.05, 3.63) is 85.8 Å². The van der Waals surface area contributed by atoms with Crippen LogP contribution in [0, 0.1) is 0 Å². The van der Waals surface area contributed by atoms with E-state index in [2.05, 4.69) is 29.6 Å². The molecule has 4 aromatic rings. The molecule has 0 bridgehead atoms. The van der Waals surface area contributed by atoms with E-state index in [1.807, 2.05) is 34.7 Å². The smallest absolute Gasteiger partial charge is 0.207 e. The fourth-order valence-corrected chi connectivity index (χ4v) is 5.37. The molecule has 8 heteroatoms. The topological polar surface area (TPSA) is 37.7 Å². The van der Waals surface area contributed by atoms with Gasteiger partial charge in [0.05, 0.1) is 39.5 Å². The van der Waals surface area contributed by atoms with Crippen molar-refractivity contribution in [2.75, 3.05) is 12.1 Å². The number of rotatable bonds is 5. The molecule has 0 fully saturated rings. The van der Waals surface area contributed by atoms with Crippen LogP contribution in [0.2, 0.25) is 10.0 Å². The highest BCUT2D eigenvalue weighted by molar-refractivity contribution is 7.14. The van der Waals surface area contributed by atoms with Gasteiger partial charge in [-0.1, -0.05) is 47.5 Å². The van der Waals surface area contributed by atoms with E-state index in [-0.39, 0.29) is 6.04 Å². The minimum absolute atomic E-state index is 0.0656. The van der Waals surface area contributed by atoms with Crippen LogP contribution < -0.4 is 9.75 Å². The number of hydrogen-bond acceptors (Lipinski definition) is 6. The Morgan fingerprint density at radius 2 is 1.87 bits per heavy atom. The van der Waals surface area contributed by atoms with Crippen LogP contribution in [0.5, 0.6) is 5.75 Å². The largest absolute Gasteiger partial charge is 0.497 e. The fraction of sp³-hybridized carbons (Fsp3) is 0.130. The number of anilines is 1. The van der Waals surface area contributed by atoms with Gasteiger partial charge in [0.15, 0.2) is 0 Å². The van der Waals surface area contributed by atoms with Gasteiger partial charge < -0.3 is 4.74 Å². The highest BCUT2D eigenvalue weighted by Crippen LogP contribution is 2.40. The van der Waals surface area contributed by atoms with Gasteiger partial charge in [-0.05, 0) is 41.3 Å². The lowest BCUT2D eigenvalue weighted by molar-refractivity contribution is 0.414. The first-order valence-electron chi connectivity index (χ1n) is 9.58. The standard InChI is InChI=1S/C23H17Cl2N3OS2/c1-29-16-7-4-14(5-8-16)21-12-19(22-3-2-10-30-22)27-28(21)23-26-20(13-31-23)15-6-9-17(24)18(25)11-15/h2-11,13,21H,12H2,1H3/t21-/m1/s1. The molecule has 0 unspecified atom stereocenters. The second kappa shape index (κ2) is 8.63. The van der Waals surface area contributed by atoms with Crippen LogP contribution in [0.1, 0.15) is 22.9 Å². The maximum atomic E-state index is 6.20. The SMILES string of the molecule is COc1ccc([C@H]2CC(c3cccs3)=NN2c2nc(-c3ccc(Cl)c(Cl)c3)cs2)cc1. The molecule has 1 aliphatic heterocycles. The first-order chi connectivity index (χ1) is 15.1. The van der Waals surface area contributed by atoms with Crippen LogP contribution in [0.4, 0.5) is 5.13 Å². The molecule has 0 amide bonds. The number of aromatic nitrogens is 1. The van der Waals surface area contributed by atoms with Gasteiger partial charge in [0.1, 0.15) is 5.75 Å². The number of thiophene rings is 1. The Morgan fingerprint density at radius 1 is 1.03 bits per heavy atom. The molecule has 3 heterocycles. The molecule has 0 aliphatic carbocycles. The van der Waals surface area contributed by atoms with Crippen molar-refractivity contribution in [3.8, 4) is 17.0 Å². The predicted octanol–water partition coefficient (Wildman–Crippen LogP) is 7.54. The minimum Gasteiger partial charge on any atom is -0.497 e. The van der Waals surface area contributed by atoms with Crippen molar-refractivity contribution < 1.29 is 4.74 Å². The van der Waals surface area contributed by atoms with Crippen LogP contribution >= 0.6 is 45.9 Å². The maximum absolute atomic E-state index is 6.20. The van der Waals surface area contributed by atoms with E-state index in [0.29, 0.717) is 10.0 Å². The van der Waals surface area contributed by atoms with Gasteiger partial charge >= 0.3 is 0 Å².